The first-order valence-electron chi connectivity index (χ1n) is 6.09. The molecule has 3 N–H and O–H groups in total. The second-order valence-corrected chi connectivity index (χ2v) is 5.34. The summed E-state index contributed by atoms with van der Waals surface area (Å²) in [5.74, 6) is -1.40. The van der Waals surface area contributed by atoms with Gasteiger partial charge in [0.2, 0.25) is 0 Å². The molecule has 0 spiro atoms. The summed E-state index contributed by atoms with van der Waals surface area (Å²) in [5.41, 5.74) is -0.135. The van der Waals surface area contributed by atoms with Crippen molar-refractivity contribution < 1.29 is 48.4 Å². The Labute approximate surface area is 125 Å². The van der Waals surface area contributed by atoms with Gasteiger partial charge in [-0.05, 0) is 6.07 Å². The van der Waals surface area contributed by atoms with Gasteiger partial charge in [-0.2, -0.15) is 4.57 Å². The molecular weight excluding hydrogens is 321 g/mol. The zero-order valence-corrected chi connectivity index (χ0v) is 11.9. The molecule has 0 saturated carbocycles. The number of rotatable bonds is 6. The minimum absolute atomic E-state index is 0.135. The van der Waals surface area contributed by atoms with Crippen LogP contribution in [-0.4, -0.2) is 46.4 Å². The monoisotopic (exact) mass is 334 g/mol. The molecular formula is C11H13NO9P+. The van der Waals surface area contributed by atoms with E-state index in [1.807, 2.05) is 0 Å². The van der Waals surface area contributed by atoms with Crippen LogP contribution in [0.1, 0.15) is 16.6 Å². The molecule has 10 nitrogen and oxygen atoms in total. The zero-order valence-electron chi connectivity index (χ0n) is 11.0. The molecule has 0 aromatic carbocycles. The number of ether oxygens (including phenoxy) is 1. The predicted octanol–water partition coefficient (Wildman–Crippen LogP) is -1.88. The van der Waals surface area contributed by atoms with Gasteiger partial charge in [-0.3, -0.25) is 0 Å². The molecule has 1 unspecified atom stereocenters. The highest BCUT2D eigenvalue weighted by Crippen LogP contribution is 2.29. The maximum Gasteiger partial charge on any atom is 0.728 e. The third-order valence-electron chi connectivity index (χ3n) is 3.10. The highest BCUT2D eigenvalue weighted by molar-refractivity contribution is 7.33. The number of hydrogen-bond acceptors (Lipinski definition) is 9. The van der Waals surface area contributed by atoms with E-state index in [1.165, 1.54) is 29.1 Å². The Kier molecular flexibility index (Phi) is 5.48. The number of carbonyl (C=O) groups is 1. The summed E-state index contributed by atoms with van der Waals surface area (Å²) in [6.45, 7) is -0.411. The average Bonchev–Trinajstić information content (AvgIpc) is 2.80. The number of carbonyl (C=O) groups excluding carboxylic acids is 1. The fraction of sp³-hybridized carbons (Fsp3) is 0.455. The Morgan fingerprint density at radius 3 is 2.82 bits per heavy atom. The lowest BCUT2D eigenvalue weighted by molar-refractivity contribution is -0.765. The van der Waals surface area contributed by atoms with Crippen LogP contribution in [-0.2, 0) is 18.5 Å². The van der Waals surface area contributed by atoms with Gasteiger partial charge >= 0.3 is 8.25 Å². The van der Waals surface area contributed by atoms with E-state index in [0.717, 1.165) is 0 Å². The molecule has 2 heterocycles. The molecule has 120 valence electrons. The van der Waals surface area contributed by atoms with Crippen molar-refractivity contribution in [1.82, 2.24) is 0 Å². The Hall–Kier alpha value is -1.52. The summed E-state index contributed by atoms with van der Waals surface area (Å²) < 4.78 is 25.4. The van der Waals surface area contributed by atoms with E-state index in [0.29, 0.717) is 0 Å². The van der Waals surface area contributed by atoms with E-state index in [1.54, 1.807) is 0 Å². The van der Waals surface area contributed by atoms with Crippen LogP contribution < -0.4 is 9.67 Å². The van der Waals surface area contributed by atoms with Crippen molar-refractivity contribution in [3.8, 4) is 0 Å². The first-order chi connectivity index (χ1) is 10.4. The van der Waals surface area contributed by atoms with Gasteiger partial charge in [0.05, 0.1) is 16.2 Å². The molecule has 1 aliphatic heterocycles. The van der Waals surface area contributed by atoms with Crippen LogP contribution >= 0.6 is 8.25 Å². The number of carboxylic acid groups (broad SMARTS) is 1. The van der Waals surface area contributed by atoms with Crippen molar-refractivity contribution in [2.75, 3.05) is 6.61 Å². The van der Waals surface area contributed by atoms with Gasteiger partial charge in [-0.1, -0.05) is 0 Å². The molecule has 1 fully saturated rings. The third-order valence-corrected chi connectivity index (χ3v) is 3.59. The first-order valence-corrected chi connectivity index (χ1v) is 7.19. The minimum Gasteiger partial charge on any atom is -0.545 e. The smallest absolute Gasteiger partial charge is 0.545 e. The summed E-state index contributed by atoms with van der Waals surface area (Å²) in [6.07, 6.45) is -2.25. The van der Waals surface area contributed by atoms with Gasteiger partial charge in [-0.25, -0.2) is 5.26 Å². The Balaban J connectivity index is 2.11. The topological polar surface area (TPSA) is 149 Å². The second-order valence-electron chi connectivity index (χ2n) is 4.47. The highest BCUT2D eigenvalue weighted by Gasteiger charge is 2.49. The van der Waals surface area contributed by atoms with Crippen LogP contribution in [0.3, 0.4) is 0 Å². The number of aromatic carboxylic acids is 1. The Morgan fingerprint density at radius 1 is 1.45 bits per heavy atom. The van der Waals surface area contributed by atoms with Crippen molar-refractivity contribution in [3.05, 3.63) is 30.1 Å². The van der Waals surface area contributed by atoms with E-state index >= 15 is 0 Å². The van der Waals surface area contributed by atoms with E-state index in [4.69, 9.17) is 9.99 Å². The van der Waals surface area contributed by atoms with E-state index in [-0.39, 0.29) is 5.56 Å². The summed E-state index contributed by atoms with van der Waals surface area (Å²) in [4.78, 5) is 10.8. The predicted molar refractivity (Wildman–Crippen MR) is 64.2 cm³/mol. The standard InChI is InChI=1S/C11H12NO9P/c13-8-7(5-19-22(18)21-17)20-10(9(8)14)12-3-1-2-6(4-12)11(15)16/h1-4,7-10,13-14H,5H2/p+1/t7-,8-,9-,10-/m1/s1. The first kappa shape index (κ1) is 16.8. The number of nitrogens with zero attached hydrogens (tertiary/aromatic N) is 1. The lowest BCUT2D eigenvalue weighted by Crippen LogP contribution is -2.46. The third kappa shape index (κ3) is 3.62. The number of pyridine rings is 1. The maximum absolute atomic E-state index is 10.8. The van der Waals surface area contributed by atoms with Crippen LogP contribution in [0.5, 0.6) is 0 Å². The van der Waals surface area contributed by atoms with E-state index in [2.05, 4.69) is 9.20 Å². The lowest BCUT2D eigenvalue weighted by atomic mass is 10.1. The summed E-state index contributed by atoms with van der Waals surface area (Å²) in [6, 6.07) is 2.71. The Morgan fingerprint density at radius 2 is 2.18 bits per heavy atom. The number of carboxylic acids is 1. The van der Waals surface area contributed by atoms with Crippen LogP contribution in [0.4, 0.5) is 0 Å². The lowest BCUT2D eigenvalue weighted by Gasteiger charge is -2.10. The maximum atomic E-state index is 10.8. The van der Waals surface area contributed by atoms with Crippen LogP contribution in [0.2, 0.25) is 0 Å². The van der Waals surface area contributed by atoms with Crippen LogP contribution in [0.25, 0.3) is 0 Å². The summed E-state index contributed by atoms with van der Waals surface area (Å²) in [5, 5.41) is 38.8. The normalized spacial score (nSPS) is 28.6. The number of aromatic nitrogens is 1. The molecule has 5 atom stereocenters. The fourth-order valence-electron chi connectivity index (χ4n) is 2.04. The molecule has 22 heavy (non-hydrogen) atoms. The van der Waals surface area contributed by atoms with Crippen molar-refractivity contribution in [3.63, 3.8) is 0 Å². The molecule has 1 saturated heterocycles. The molecule has 2 rings (SSSR count). The summed E-state index contributed by atoms with van der Waals surface area (Å²) >= 11 is 0. The van der Waals surface area contributed by atoms with Gasteiger partial charge in [0, 0.05) is 10.6 Å². The number of aliphatic hydroxyl groups excluding tert-OH is 2. The molecule has 0 aliphatic carbocycles. The van der Waals surface area contributed by atoms with Gasteiger partial charge in [0.15, 0.2) is 18.5 Å². The van der Waals surface area contributed by atoms with Gasteiger partial charge in [0.25, 0.3) is 6.23 Å². The highest BCUT2D eigenvalue weighted by atomic mass is 31.1. The molecule has 0 bridgehead atoms. The largest absolute Gasteiger partial charge is 0.728 e. The SMILES string of the molecule is O=C([O-])c1ccc[n+]([C@@H]2O[C@H](CO[P+](=O)OO)[C@@H](O)[C@H]2O)c1. The van der Waals surface area contributed by atoms with Crippen LogP contribution in [0, 0.1) is 0 Å². The molecule has 1 aliphatic rings. The zero-order chi connectivity index (χ0) is 16.3. The molecule has 11 heteroatoms. The Bertz CT molecular complexity index is 568. The van der Waals surface area contributed by atoms with E-state index < -0.39 is 45.4 Å². The molecule has 1 aromatic heterocycles. The van der Waals surface area contributed by atoms with E-state index in [9.17, 15) is 24.7 Å². The fourth-order valence-corrected chi connectivity index (χ4v) is 2.36. The number of aliphatic hydroxyl groups is 2. The number of hydrogen-bond donors (Lipinski definition) is 3. The van der Waals surface area contributed by atoms with Gasteiger partial charge in [0.1, 0.15) is 18.8 Å². The molecule has 1 aromatic rings. The van der Waals surface area contributed by atoms with Crippen molar-refractivity contribution in [2.45, 2.75) is 24.5 Å². The quantitative estimate of drug-likeness (QED) is 0.235. The van der Waals surface area contributed by atoms with Crippen molar-refractivity contribution >= 4 is 14.2 Å². The van der Waals surface area contributed by atoms with Gasteiger partial charge < -0.3 is 24.9 Å². The average molecular weight is 334 g/mol. The van der Waals surface area contributed by atoms with Gasteiger partial charge in [-0.15, -0.1) is 4.52 Å². The summed E-state index contributed by atoms with van der Waals surface area (Å²) in [7, 11) is -2.77. The van der Waals surface area contributed by atoms with Crippen LogP contribution in [0.15, 0.2) is 24.5 Å². The molecule has 0 amide bonds. The minimum atomic E-state index is -2.77. The second kappa shape index (κ2) is 7.16. The van der Waals surface area contributed by atoms with Crippen molar-refractivity contribution in [2.24, 2.45) is 0 Å². The van der Waals surface area contributed by atoms with Crippen molar-refractivity contribution in [1.29, 1.82) is 0 Å². The molecule has 0 radical (unpaired) electrons.